The highest BCUT2D eigenvalue weighted by atomic mass is 16.2. The molecule has 0 aromatic heterocycles. The molecule has 4 N–H and O–H groups in total. The van der Waals surface area contributed by atoms with E-state index in [0.29, 0.717) is 45.8 Å². The molecule has 12 nitrogen and oxygen atoms in total. The van der Waals surface area contributed by atoms with Gasteiger partial charge >= 0.3 is 24.1 Å². The molecule has 2 rings (SSSR count). The zero-order valence-corrected chi connectivity index (χ0v) is 27.6. The van der Waals surface area contributed by atoms with Crippen molar-refractivity contribution in [3.8, 4) is 0 Å². The fourth-order valence-corrected chi connectivity index (χ4v) is 4.89. The van der Waals surface area contributed by atoms with Gasteiger partial charge in [0.15, 0.2) is 0 Å². The van der Waals surface area contributed by atoms with E-state index in [-0.39, 0.29) is 30.2 Å². The van der Waals surface area contributed by atoms with Crippen molar-refractivity contribution >= 4 is 24.1 Å². The van der Waals surface area contributed by atoms with Crippen LogP contribution in [-0.4, -0.2) is 111 Å². The first-order valence-electron chi connectivity index (χ1n) is 16.2. The number of benzene rings is 1. The number of urea groups is 4. The lowest BCUT2D eigenvalue weighted by Crippen LogP contribution is -2.47. The third-order valence-corrected chi connectivity index (χ3v) is 8.05. The molecular formula is C32H56N8O4. The molecule has 0 unspecified atom stereocenters. The van der Waals surface area contributed by atoms with E-state index in [2.05, 4.69) is 28.2 Å². The van der Waals surface area contributed by atoms with Crippen LogP contribution in [0.5, 0.6) is 0 Å². The summed E-state index contributed by atoms with van der Waals surface area (Å²) >= 11 is 0. The molecule has 1 aliphatic rings. The maximum atomic E-state index is 12.6. The summed E-state index contributed by atoms with van der Waals surface area (Å²) in [5.41, 5.74) is 1.83. The van der Waals surface area contributed by atoms with Gasteiger partial charge in [-0.1, -0.05) is 69.7 Å². The van der Waals surface area contributed by atoms with Crippen LogP contribution in [0, 0.1) is 0 Å². The molecule has 1 fully saturated rings. The van der Waals surface area contributed by atoms with Crippen LogP contribution >= 0.6 is 0 Å². The van der Waals surface area contributed by atoms with Crippen molar-refractivity contribution in [3.05, 3.63) is 35.4 Å². The van der Waals surface area contributed by atoms with Gasteiger partial charge in [0.2, 0.25) is 0 Å². The van der Waals surface area contributed by atoms with Gasteiger partial charge in [0, 0.05) is 80.0 Å². The van der Waals surface area contributed by atoms with Gasteiger partial charge in [-0.25, -0.2) is 19.2 Å². The van der Waals surface area contributed by atoms with Crippen molar-refractivity contribution in [3.63, 3.8) is 0 Å². The number of nitrogens with zero attached hydrogens (tertiary/aromatic N) is 4. The maximum Gasteiger partial charge on any atom is 0.317 e. The highest BCUT2D eigenvalue weighted by Crippen LogP contribution is 2.17. The van der Waals surface area contributed by atoms with E-state index < -0.39 is 0 Å². The Morgan fingerprint density at radius 1 is 0.659 bits per heavy atom. The van der Waals surface area contributed by atoms with Crippen LogP contribution in [0.2, 0.25) is 0 Å². The van der Waals surface area contributed by atoms with Crippen molar-refractivity contribution in [1.29, 1.82) is 0 Å². The molecule has 0 heterocycles. The highest BCUT2D eigenvalue weighted by molar-refractivity contribution is 5.76. The summed E-state index contributed by atoms with van der Waals surface area (Å²) in [7, 11) is 6.89. The monoisotopic (exact) mass is 616 g/mol. The molecule has 0 saturated heterocycles. The lowest BCUT2D eigenvalue weighted by atomic mass is 9.96. The third-order valence-electron chi connectivity index (χ3n) is 8.05. The second kappa shape index (κ2) is 20.3. The highest BCUT2D eigenvalue weighted by Gasteiger charge is 2.19. The maximum absolute atomic E-state index is 12.6. The van der Waals surface area contributed by atoms with Gasteiger partial charge < -0.3 is 40.9 Å². The fourth-order valence-electron chi connectivity index (χ4n) is 4.89. The molecule has 0 spiro atoms. The number of hydrogen-bond donors (Lipinski definition) is 4. The molecule has 0 atom stereocenters. The summed E-state index contributed by atoms with van der Waals surface area (Å²) in [4.78, 5) is 56.3. The lowest BCUT2D eigenvalue weighted by Gasteiger charge is -2.27. The smallest absolute Gasteiger partial charge is 0.317 e. The molecule has 1 aromatic rings. The van der Waals surface area contributed by atoms with E-state index in [1.165, 1.54) is 12.8 Å². The van der Waals surface area contributed by atoms with Gasteiger partial charge in [-0.15, -0.1) is 0 Å². The number of hydrogen-bond acceptors (Lipinski definition) is 4. The number of carbonyl (C=O) groups is 4. The topological polar surface area (TPSA) is 129 Å². The second-order valence-electron chi connectivity index (χ2n) is 11.9. The summed E-state index contributed by atoms with van der Waals surface area (Å²) in [5, 5.41) is 11.8. The van der Waals surface area contributed by atoms with Gasteiger partial charge in [-0.2, -0.15) is 0 Å². The zero-order chi connectivity index (χ0) is 32.3. The molecule has 1 saturated carbocycles. The van der Waals surface area contributed by atoms with Crippen LogP contribution in [0.3, 0.4) is 0 Å². The van der Waals surface area contributed by atoms with Gasteiger partial charge in [0.05, 0.1) is 0 Å². The van der Waals surface area contributed by atoms with Gasteiger partial charge in [0.25, 0.3) is 0 Å². The molecule has 1 aliphatic carbocycles. The number of amides is 8. The number of nitrogens with one attached hydrogen (secondary N) is 4. The van der Waals surface area contributed by atoms with Crippen LogP contribution in [0.4, 0.5) is 19.2 Å². The van der Waals surface area contributed by atoms with Crippen LogP contribution in [0.1, 0.15) is 75.8 Å². The van der Waals surface area contributed by atoms with E-state index in [9.17, 15) is 19.2 Å². The molecular weight excluding hydrogens is 560 g/mol. The Morgan fingerprint density at radius 3 is 1.64 bits per heavy atom. The van der Waals surface area contributed by atoms with E-state index in [0.717, 1.165) is 56.1 Å². The quantitative estimate of drug-likeness (QED) is 0.208. The molecule has 44 heavy (non-hydrogen) atoms. The Morgan fingerprint density at radius 2 is 1.14 bits per heavy atom. The first kappa shape index (κ1) is 36.5. The van der Waals surface area contributed by atoms with Crippen molar-refractivity contribution in [2.75, 3.05) is 60.9 Å². The Hall–Kier alpha value is -3.70. The van der Waals surface area contributed by atoms with E-state index in [4.69, 9.17) is 0 Å². The molecule has 0 aliphatic heterocycles. The number of carbonyl (C=O) groups excluding carboxylic acids is 4. The Labute approximate surface area is 264 Å². The first-order chi connectivity index (χ1) is 21.1. The number of rotatable bonds is 16. The summed E-state index contributed by atoms with van der Waals surface area (Å²) in [6, 6.07) is 7.27. The minimum absolute atomic E-state index is 0.0935. The van der Waals surface area contributed by atoms with Crippen LogP contribution in [0.25, 0.3) is 0 Å². The molecule has 8 amide bonds. The molecule has 0 radical (unpaired) electrons. The predicted octanol–water partition coefficient (Wildman–Crippen LogP) is 4.17. The largest absolute Gasteiger partial charge is 0.338 e. The van der Waals surface area contributed by atoms with Gasteiger partial charge in [0.1, 0.15) is 0 Å². The van der Waals surface area contributed by atoms with Crippen molar-refractivity contribution in [1.82, 2.24) is 40.9 Å². The first-order valence-corrected chi connectivity index (χ1v) is 16.2. The minimum atomic E-state index is -0.226. The van der Waals surface area contributed by atoms with E-state index in [1.54, 1.807) is 47.8 Å². The Balaban J connectivity index is 1.66. The zero-order valence-electron chi connectivity index (χ0n) is 27.6. The number of unbranched alkanes of at least 4 members (excludes halogenated alkanes) is 3. The van der Waals surface area contributed by atoms with Crippen LogP contribution in [-0.2, 0) is 13.1 Å². The Bertz CT molecular complexity index is 1030. The van der Waals surface area contributed by atoms with Crippen LogP contribution < -0.4 is 21.3 Å². The standard InChI is InChI=1S/C32H56N8O4/c1-6-7-8-12-18-33-29(41)37(2)19-20-38(3)30(42)34-24-26-14-13-15-27(23-26)25-35-31(43)39(4)21-22-40(5)32(44)36-28-16-10-9-11-17-28/h13-15,23,28H,6-12,16-22,24-25H2,1-5H3,(H,33,41)(H,34,42)(H,35,43)(H,36,44). The van der Waals surface area contributed by atoms with E-state index in [1.807, 2.05) is 24.3 Å². The SMILES string of the molecule is CCCCCCNC(=O)N(C)CCN(C)C(=O)NCc1cccc(CNC(=O)N(C)CCN(C)C(=O)NC2CCCCC2)c1. The normalized spacial score (nSPS) is 13.0. The molecule has 12 heteroatoms. The van der Waals surface area contributed by atoms with Crippen molar-refractivity contribution in [2.24, 2.45) is 0 Å². The summed E-state index contributed by atoms with van der Waals surface area (Å²) in [5.74, 6) is 0. The second-order valence-corrected chi connectivity index (χ2v) is 11.9. The summed E-state index contributed by atoms with van der Waals surface area (Å²) in [6.45, 7) is 5.20. The number of likely N-dealkylation sites (N-methyl/N-ethyl adjacent to an activating group) is 4. The van der Waals surface area contributed by atoms with Crippen LogP contribution in [0.15, 0.2) is 24.3 Å². The van der Waals surface area contributed by atoms with Crippen molar-refractivity contribution in [2.45, 2.75) is 83.8 Å². The molecule has 0 bridgehead atoms. The van der Waals surface area contributed by atoms with Gasteiger partial charge in [-0.3, -0.25) is 0 Å². The third kappa shape index (κ3) is 14.2. The fraction of sp³-hybridized carbons (Fsp3) is 0.688. The van der Waals surface area contributed by atoms with Crippen molar-refractivity contribution < 1.29 is 19.2 Å². The average molecular weight is 617 g/mol. The predicted molar refractivity (Wildman–Crippen MR) is 174 cm³/mol. The molecule has 248 valence electrons. The average Bonchev–Trinajstić information content (AvgIpc) is 3.03. The van der Waals surface area contributed by atoms with Gasteiger partial charge in [-0.05, 0) is 30.4 Å². The summed E-state index contributed by atoms with van der Waals surface area (Å²) < 4.78 is 0. The van der Waals surface area contributed by atoms with E-state index >= 15 is 0 Å². The minimum Gasteiger partial charge on any atom is -0.338 e. The summed E-state index contributed by atoms with van der Waals surface area (Å²) in [6.07, 6.45) is 10.0. The Kier molecular flexibility index (Phi) is 16.8. The lowest BCUT2D eigenvalue weighted by molar-refractivity contribution is 0.186. The molecule has 1 aromatic carbocycles.